The normalized spacial score (nSPS) is 25.8. The fourth-order valence-electron chi connectivity index (χ4n) is 2.40. The molecule has 1 saturated carbocycles. The van der Waals surface area contributed by atoms with Gasteiger partial charge in [0.2, 0.25) is 0 Å². The van der Waals surface area contributed by atoms with E-state index in [1.807, 2.05) is 4.90 Å². The summed E-state index contributed by atoms with van der Waals surface area (Å²) in [4.78, 5) is 13.4. The van der Waals surface area contributed by atoms with Gasteiger partial charge in [0.25, 0.3) is 0 Å². The highest BCUT2D eigenvalue weighted by molar-refractivity contribution is 5.76. The third-order valence-corrected chi connectivity index (χ3v) is 3.16. The lowest BCUT2D eigenvalue weighted by Gasteiger charge is -2.25. The van der Waals surface area contributed by atoms with E-state index in [0.717, 1.165) is 13.1 Å². The number of rotatable bonds is 1. The van der Waals surface area contributed by atoms with E-state index < -0.39 is 0 Å². The van der Waals surface area contributed by atoms with E-state index in [0.29, 0.717) is 6.04 Å². The highest BCUT2D eigenvalue weighted by atomic mass is 16.2. The summed E-state index contributed by atoms with van der Waals surface area (Å²) in [6.07, 6.45) is 7.74. The molecule has 1 saturated heterocycles. The SMILES string of the molecule is O=C1NCCN1C1CCCCCC1. The topological polar surface area (TPSA) is 32.3 Å². The first-order valence-electron chi connectivity index (χ1n) is 5.42. The maximum absolute atomic E-state index is 11.4. The van der Waals surface area contributed by atoms with E-state index >= 15 is 0 Å². The van der Waals surface area contributed by atoms with Crippen molar-refractivity contribution in [3.8, 4) is 0 Å². The third-order valence-electron chi connectivity index (χ3n) is 3.16. The fourth-order valence-corrected chi connectivity index (χ4v) is 2.40. The van der Waals surface area contributed by atoms with E-state index in [-0.39, 0.29) is 6.03 Å². The van der Waals surface area contributed by atoms with Crippen LogP contribution in [0.25, 0.3) is 0 Å². The number of hydrogen-bond acceptors (Lipinski definition) is 1. The van der Waals surface area contributed by atoms with Gasteiger partial charge in [-0.15, -0.1) is 0 Å². The minimum Gasteiger partial charge on any atom is -0.336 e. The van der Waals surface area contributed by atoms with Crippen LogP contribution < -0.4 is 5.32 Å². The average Bonchev–Trinajstić information content (AvgIpc) is 2.43. The Bertz CT molecular complexity index is 185. The van der Waals surface area contributed by atoms with Crippen molar-refractivity contribution in [2.24, 2.45) is 0 Å². The van der Waals surface area contributed by atoms with Crippen molar-refractivity contribution in [2.75, 3.05) is 13.1 Å². The molecule has 2 rings (SSSR count). The molecule has 0 aromatic heterocycles. The molecule has 2 fully saturated rings. The zero-order valence-corrected chi connectivity index (χ0v) is 8.09. The van der Waals surface area contributed by atoms with Crippen LogP contribution in [-0.2, 0) is 0 Å². The van der Waals surface area contributed by atoms with Crippen LogP contribution in [0.3, 0.4) is 0 Å². The van der Waals surface area contributed by atoms with E-state index in [4.69, 9.17) is 0 Å². The second-order valence-electron chi connectivity index (χ2n) is 4.07. The van der Waals surface area contributed by atoms with Gasteiger partial charge in [0.1, 0.15) is 0 Å². The van der Waals surface area contributed by atoms with Crippen molar-refractivity contribution in [3.05, 3.63) is 0 Å². The van der Waals surface area contributed by atoms with E-state index in [2.05, 4.69) is 5.32 Å². The molecule has 0 aromatic rings. The molecule has 13 heavy (non-hydrogen) atoms. The molecule has 0 unspecified atom stereocenters. The molecule has 1 aliphatic carbocycles. The summed E-state index contributed by atoms with van der Waals surface area (Å²) in [6, 6.07) is 0.692. The summed E-state index contributed by atoms with van der Waals surface area (Å²) >= 11 is 0. The lowest BCUT2D eigenvalue weighted by molar-refractivity contribution is 0.191. The minimum atomic E-state index is 0.159. The van der Waals surface area contributed by atoms with Gasteiger partial charge in [-0.3, -0.25) is 0 Å². The van der Waals surface area contributed by atoms with E-state index in [1.165, 1.54) is 38.5 Å². The van der Waals surface area contributed by atoms with Crippen molar-refractivity contribution in [1.29, 1.82) is 0 Å². The van der Waals surface area contributed by atoms with Crippen LogP contribution >= 0.6 is 0 Å². The molecular weight excluding hydrogens is 164 g/mol. The maximum atomic E-state index is 11.4. The number of urea groups is 1. The Hall–Kier alpha value is -0.730. The number of amides is 2. The maximum Gasteiger partial charge on any atom is 0.317 e. The van der Waals surface area contributed by atoms with Crippen molar-refractivity contribution < 1.29 is 4.79 Å². The molecule has 1 N–H and O–H groups in total. The Balaban J connectivity index is 1.93. The van der Waals surface area contributed by atoms with Crippen molar-refractivity contribution >= 4 is 6.03 Å². The highest BCUT2D eigenvalue weighted by Crippen LogP contribution is 2.22. The molecule has 0 bridgehead atoms. The summed E-state index contributed by atoms with van der Waals surface area (Å²) < 4.78 is 0. The summed E-state index contributed by atoms with van der Waals surface area (Å²) in [7, 11) is 0. The predicted molar refractivity (Wildman–Crippen MR) is 51.6 cm³/mol. The zero-order chi connectivity index (χ0) is 9.10. The summed E-state index contributed by atoms with van der Waals surface area (Å²) in [5.41, 5.74) is 0. The Labute approximate surface area is 79.5 Å². The standard InChI is InChI=1S/C10H18N2O/c13-10-11-7-8-12(10)9-5-3-1-2-4-6-9/h9H,1-8H2,(H,11,13). The highest BCUT2D eigenvalue weighted by Gasteiger charge is 2.27. The van der Waals surface area contributed by atoms with Crippen LogP contribution in [0.1, 0.15) is 38.5 Å². The third kappa shape index (κ3) is 1.95. The predicted octanol–water partition coefficient (Wildman–Crippen LogP) is 1.73. The first-order chi connectivity index (χ1) is 6.38. The molecule has 1 heterocycles. The largest absolute Gasteiger partial charge is 0.336 e. The fraction of sp³-hybridized carbons (Fsp3) is 0.900. The van der Waals surface area contributed by atoms with Gasteiger partial charge in [-0.1, -0.05) is 25.7 Å². The van der Waals surface area contributed by atoms with Crippen molar-refractivity contribution in [3.63, 3.8) is 0 Å². The van der Waals surface area contributed by atoms with Crippen LogP contribution in [0.5, 0.6) is 0 Å². The Morgan fingerprint density at radius 3 is 2.38 bits per heavy atom. The second-order valence-corrected chi connectivity index (χ2v) is 4.07. The molecule has 2 aliphatic rings. The Kier molecular flexibility index (Phi) is 2.71. The molecule has 0 aromatic carbocycles. The van der Waals surface area contributed by atoms with Gasteiger partial charge in [0.05, 0.1) is 0 Å². The van der Waals surface area contributed by atoms with Gasteiger partial charge in [-0.25, -0.2) is 4.79 Å². The molecule has 74 valence electrons. The first kappa shape index (κ1) is 8.85. The molecule has 3 heteroatoms. The molecular formula is C10H18N2O. The molecule has 0 radical (unpaired) electrons. The molecule has 0 atom stereocenters. The quantitative estimate of drug-likeness (QED) is 0.615. The van der Waals surface area contributed by atoms with E-state index in [1.54, 1.807) is 0 Å². The van der Waals surface area contributed by atoms with Crippen LogP contribution in [0.2, 0.25) is 0 Å². The van der Waals surface area contributed by atoms with E-state index in [9.17, 15) is 4.79 Å². The van der Waals surface area contributed by atoms with Gasteiger partial charge in [-0.2, -0.15) is 0 Å². The summed E-state index contributed by atoms with van der Waals surface area (Å²) in [5, 5.41) is 2.87. The van der Waals surface area contributed by atoms with Crippen LogP contribution in [0.4, 0.5) is 4.79 Å². The number of carbonyl (C=O) groups excluding carboxylic acids is 1. The number of carbonyl (C=O) groups is 1. The zero-order valence-electron chi connectivity index (χ0n) is 8.09. The number of nitrogens with one attached hydrogen (secondary N) is 1. The van der Waals surface area contributed by atoms with Gasteiger partial charge in [0.15, 0.2) is 0 Å². The number of hydrogen-bond donors (Lipinski definition) is 1. The Morgan fingerprint density at radius 2 is 1.85 bits per heavy atom. The number of nitrogens with zero attached hydrogens (tertiary/aromatic N) is 1. The average molecular weight is 182 g/mol. The Morgan fingerprint density at radius 1 is 1.15 bits per heavy atom. The monoisotopic (exact) mass is 182 g/mol. The van der Waals surface area contributed by atoms with Crippen LogP contribution in [0, 0.1) is 0 Å². The van der Waals surface area contributed by atoms with Gasteiger partial charge >= 0.3 is 6.03 Å². The molecule has 1 aliphatic heterocycles. The lowest BCUT2D eigenvalue weighted by atomic mass is 10.1. The van der Waals surface area contributed by atoms with Gasteiger partial charge in [0, 0.05) is 19.1 Å². The van der Waals surface area contributed by atoms with Crippen LogP contribution in [0.15, 0.2) is 0 Å². The van der Waals surface area contributed by atoms with Gasteiger partial charge in [-0.05, 0) is 12.8 Å². The van der Waals surface area contributed by atoms with Crippen molar-refractivity contribution in [1.82, 2.24) is 10.2 Å². The van der Waals surface area contributed by atoms with Crippen molar-refractivity contribution in [2.45, 2.75) is 44.6 Å². The first-order valence-corrected chi connectivity index (χ1v) is 5.42. The smallest absolute Gasteiger partial charge is 0.317 e. The lowest BCUT2D eigenvalue weighted by Crippen LogP contribution is -2.37. The van der Waals surface area contributed by atoms with Crippen LogP contribution in [-0.4, -0.2) is 30.1 Å². The molecule has 0 spiro atoms. The van der Waals surface area contributed by atoms with Gasteiger partial charge < -0.3 is 10.2 Å². The summed E-state index contributed by atoms with van der Waals surface area (Å²) in [5.74, 6) is 0. The molecule has 3 nitrogen and oxygen atoms in total. The second kappa shape index (κ2) is 3.99. The minimum absolute atomic E-state index is 0.159. The summed E-state index contributed by atoms with van der Waals surface area (Å²) in [6.45, 7) is 1.76. The molecule has 2 amide bonds.